The Morgan fingerprint density at radius 3 is 2.60 bits per heavy atom. The molecule has 0 bridgehead atoms. The molecule has 0 aromatic heterocycles. The third kappa shape index (κ3) is 2.73. The Morgan fingerprint density at radius 1 is 1.13 bits per heavy atom. The smallest absolute Gasteiger partial charge is 0.121 e. The maximum atomic E-state index is 4.66. The van der Waals surface area contributed by atoms with Crippen LogP contribution in [-0.2, 0) is 0 Å². The van der Waals surface area contributed by atoms with E-state index in [2.05, 4.69) is 34.5 Å². The van der Waals surface area contributed by atoms with E-state index >= 15 is 0 Å². The van der Waals surface area contributed by atoms with Gasteiger partial charge in [-0.15, -0.1) is 23.5 Å². The number of isothiocyanates is 1. The minimum Gasteiger partial charge on any atom is -0.186 e. The van der Waals surface area contributed by atoms with Gasteiger partial charge in [0, 0.05) is 16.4 Å². The second-order valence-electron chi connectivity index (χ2n) is 2.90. The Bertz CT molecular complexity index is 419. The first-order valence-corrected chi connectivity index (χ1v) is 6.93. The molecule has 1 aromatic carbocycles. The number of aliphatic imine (C=N–C) groups is 1. The monoisotopic (exact) mass is 251 g/mol. The summed E-state index contributed by atoms with van der Waals surface area (Å²) in [4.78, 5) is 5.35. The topological polar surface area (TPSA) is 12.4 Å². The van der Waals surface area contributed by atoms with Gasteiger partial charge in [0.2, 0.25) is 0 Å². The second-order valence-corrected chi connectivity index (χ2v) is 5.27. The molecule has 4 heteroatoms. The molecule has 0 radical (unpaired) electrons. The molecule has 0 fully saturated rings. The van der Waals surface area contributed by atoms with Crippen molar-refractivity contribution < 1.29 is 0 Å². The molecule has 1 aromatic rings. The van der Waals surface area contributed by atoms with Crippen LogP contribution in [0.5, 0.6) is 0 Å². The van der Waals surface area contributed by atoms with Gasteiger partial charge >= 0.3 is 0 Å². The lowest BCUT2D eigenvalue weighted by atomic mass is 10.2. The molecule has 76 valence electrons. The molecule has 0 spiro atoms. The van der Waals surface area contributed by atoms with Crippen molar-refractivity contribution in [1.82, 2.24) is 0 Å². The van der Waals surface area contributed by atoms with Gasteiger partial charge < -0.3 is 0 Å². The van der Waals surface area contributed by atoms with Crippen LogP contribution in [0, 0.1) is 0 Å². The zero-order valence-corrected chi connectivity index (χ0v) is 10.4. The Hall–Kier alpha value is -0.540. The molecule has 15 heavy (non-hydrogen) atoms. The summed E-state index contributed by atoms with van der Waals surface area (Å²) in [5, 5.41) is 3.46. The molecule has 0 amide bonds. The van der Waals surface area contributed by atoms with Crippen LogP contribution in [0.15, 0.2) is 40.4 Å². The van der Waals surface area contributed by atoms with Crippen molar-refractivity contribution in [3.05, 3.63) is 40.9 Å². The summed E-state index contributed by atoms with van der Waals surface area (Å²) in [6.07, 6.45) is 0. The van der Waals surface area contributed by atoms with Gasteiger partial charge in [-0.3, -0.25) is 0 Å². The Balaban J connectivity index is 2.43. The molecular formula is C11H9NS3. The zero-order valence-electron chi connectivity index (χ0n) is 7.97. The summed E-state index contributed by atoms with van der Waals surface area (Å²) in [7, 11) is 0. The van der Waals surface area contributed by atoms with Crippen molar-refractivity contribution >= 4 is 45.8 Å². The lowest BCUT2D eigenvalue weighted by Crippen LogP contribution is -1.95. The zero-order chi connectivity index (χ0) is 10.5. The van der Waals surface area contributed by atoms with Crippen LogP contribution >= 0.6 is 35.7 Å². The van der Waals surface area contributed by atoms with Gasteiger partial charge in [-0.25, -0.2) is 0 Å². The molecule has 0 aliphatic carbocycles. The Labute approximate surface area is 103 Å². The van der Waals surface area contributed by atoms with Crippen molar-refractivity contribution in [2.24, 2.45) is 4.99 Å². The third-order valence-electron chi connectivity index (χ3n) is 1.95. The van der Waals surface area contributed by atoms with Gasteiger partial charge in [-0.2, -0.15) is 4.99 Å². The fourth-order valence-corrected chi connectivity index (χ4v) is 3.73. The van der Waals surface area contributed by atoms with E-state index in [0.717, 1.165) is 16.5 Å². The summed E-state index contributed by atoms with van der Waals surface area (Å²) in [5.74, 6) is 2.22. The van der Waals surface area contributed by atoms with Gasteiger partial charge in [-0.05, 0) is 17.8 Å². The van der Waals surface area contributed by atoms with Gasteiger partial charge in [0.15, 0.2) is 0 Å². The number of nitrogens with zero attached hydrogens (tertiary/aromatic N) is 1. The molecule has 0 saturated carbocycles. The molecule has 0 N–H and O–H groups in total. The van der Waals surface area contributed by atoms with E-state index in [1.807, 2.05) is 30.0 Å². The molecule has 1 heterocycles. The summed E-state index contributed by atoms with van der Waals surface area (Å²) in [5.41, 5.74) is 1.22. The SMILES string of the molecule is S=C=NC1=C(c2ccccc2)SCCS1. The molecular weight excluding hydrogens is 242 g/mol. The van der Waals surface area contributed by atoms with Crippen LogP contribution < -0.4 is 0 Å². The highest BCUT2D eigenvalue weighted by atomic mass is 32.2. The Morgan fingerprint density at radius 2 is 1.87 bits per heavy atom. The number of thiocarbonyl (C=S) groups is 1. The lowest BCUT2D eigenvalue weighted by Gasteiger charge is -2.15. The highest BCUT2D eigenvalue weighted by Crippen LogP contribution is 2.40. The molecule has 0 unspecified atom stereocenters. The van der Waals surface area contributed by atoms with Gasteiger partial charge in [0.25, 0.3) is 0 Å². The number of thioether (sulfide) groups is 2. The van der Waals surface area contributed by atoms with Crippen molar-refractivity contribution in [3.8, 4) is 0 Å². The van der Waals surface area contributed by atoms with Gasteiger partial charge in [0.1, 0.15) is 5.03 Å². The molecule has 1 aliphatic heterocycles. The van der Waals surface area contributed by atoms with Gasteiger partial charge in [0.05, 0.1) is 5.16 Å². The standard InChI is InChI=1S/C11H9NS3/c13-8-12-11-10(14-6-7-15-11)9-4-2-1-3-5-9/h1-5H,6-7H2. The number of rotatable bonds is 2. The second kappa shape index (κ2) is 5.52. The molecule has 1 aliphatic rings. The van der Waals surface area contributed by atoms with Crippen LogP contribution in [0.1, 0.15) is 5.56 Å². The van der Waals surface area contributed by atoms with Crippen molar-refractivity contribution in [3.63, 3.8) is 0 Å². The first-order chi connectivity index (χ1) is 7.42. The normalized spacial score (nSPS) is 16.0. The minimum absolute atomic E-state index is 1.01. The predicted octanol–water partition coefficient (Wildman–Crippen LogP) is 3.90. The van der Waals surface area contributed by atoms with E-state index in [1.165, 1.54) is 10.5 Å². The van der Waals surface area contributed by atoms with Crippen LogP contribution in [0.3, 0.4) is 0 Å². The first kappa shape index (κ1) is 11.0. The highest BCUT2D eigenvalue weighted by molar-refractivity contribution is 8.13. The van der Waals surface area contributed by atoms with Crippen molar-refractivity contribution in [2.75, 3.05) is 11.5 Å². The lowest BCUT2D eigenvalue weighted by molar-refractivity contribution is 1.49. The van der Waals surface area contributed by atoms with Crippen molar-refractivity contribution in [2.45, 2.75) is 0 Å². The van der Waals surface area contributed by atoms with Gasteiger partial charge in [-0.1, -0.05) is 30.3 Å². The summed E-state index contributed by atoms with van der Waals surface area (Å²) < 4.78 is 0. The predicted molar refractivity (Wildman–Crippen MR) is 73.3 cm³/mol. The maximum Gasteiger partial charge on any atom is 0.121 e. The quantitative estimate of drug-likeness (QED) is 0.584. The van der Waals surface area contributed by atoms with Crippen LogP contribution in [0.4, 0.5) is 0 Å². The van der Waals surface area contributed by atoms with Crippen LogP contribution in [0.2, 0.25) is 0 Å². The third-order valence-corrected chi connectivity index (χ3v) is 4.53. The molecule has 1 nitrogen and oxygen atoms in total. The fourth-order valence-electron chi connectivity index (χ4n) is 1.33. The number of benzene rings is 1. The summed E-state index contributed by atoms with van der Waals surface area (Å²) >= 11 is 8.26. The van der Waals surface area contributed by atoms with E-state index in [0.29, 0.717) is 0 Å². The van der Waals surface area contributed by atoms with Crippen LogP contribution in [-0.4, -0.2) is 16.7 Å². The molecule has 0 atom stereocenters. The fraction of sp³-hybridized carbons (Fsp3) is 0.182. The number of hydrogen-bond donors (Lipinski definition) is 0. The van der Waals surface area contributed by atoms with E-state index in [1.54, 1.807) is 11.8 Å². The average Bonchev–Trinajstić information content (AvgIpc) is 2.31. The van der Waals surface area contributed by atoms with E-state index in [9.17, 15) is 0 Å². The maximum absolute atomic E-state index is 4.66. The average molecular weight is 251 g/mol. The summed E-state index contributed by atoms with van der Waals surface area (Å²) in [6, 6.07) is 10.3. The number of hydrogen-bond acceptors (Lipinski definition) is 4. The molecule has 0 saturated heterocycles. The first-order valence-electron chi connectivity index (χ1n) is 4.55. The Kier molecular flexibility index (Phi) is 4.03. The van der Waals surface area contributed by atoms with E-state index < -0.39 is 0 Å². The van der Waals surface area contributed by atoms with Crippen molar-refractivity contribution in [1.29, 1.82) is 0 Å². The largest absolute Gasteiger partial charge is 0.186 e. The minimum atomic E-state index is 1.01. The van der Waals surface area contributed by atoms with E-state index in [4.69, 9.17) is 0 Å². The van der Waals surface area contributed by atoms with E-state index in [-0.39, 0.29) is 0 Å². The summed E-state index contributed by atoms with van der Waals surface area (Å²) in [6.45, 7) is 0. The van der Waals surface area contributed by atoms with Crippen LogP contribution in [0.25, 0.3) is 4.91 Å². The highest BCUT2D eigenvalue weighted by Gasteiger charge is 2.14. The molecule has 2 rings (SSSR count).